The highest BCUT2D eigenvalue weighted by Gasteiger charge is 2.18. The lowest BCUT2D eigenvalue weighted by Crippen LogP contribution is -2.41. The van der Waals surface area contributed by atoms with Crippen LogP contribution in [0.4, 0.5) is 8.78 Å². The van der Waals surface area contributed by atoms with Gasteiger partial charge in [-0.15, -0.1) is 0 Å². The Hall–Kier alpha value is -1.49. The van der Waals surface area contributed by atoms with E-state index in [0.717, 1.165) is 12.5 Å². The highest BCUT2D eigenvalue weighted by Crippen LogP contribution is 2.12. The van der Waals surface area contributed by atoms with Crippen LogP contribution in [0, 0.1) is 11.6 Å². The van der Waals surface area contributed by atoms with E-state index in [0.29, 0.717) is 6.42 Å². The second-order valence-electron chi connectivity index (χ2n) is 4.33. The first-order chi connectivity index (χ1) is 8.45. The second-order valence-corrected chi connectivity index (χ2v) is 4.33. The van der Waals surface area contributed by atoms with E-state index in [4.69, 9.17) is 5.73 Å². The third kappa shape index (κ3) is 3.77. The van der Waals surface area contributed by atoms with Gasteiger partial charge in [0.2, 0.25) is 5.91 Å². The van der Waals surface area contributed by atoms with E-state index in [2.05, 4.69) is 0 Å². The van der Waals surface area contributed by atoms with Crippen LogP contribution in [-0.2, 0) is 11.3 Å². The quantitative estimate of drug-likeness (QED) is 0.876. The minimum Gasteiger partial charge on any atom is -0.340 e. The number of carbonyl (C=O) groups is 1. The van der Waals surface area contributed by atoms with Crippen LogP contribution >= 0.6 is 0 Å². The van der Waals surface area contributed by atoms with E-state index in [1.54, 1.807) is 7.05 Å². The minimum absolute atomic E-state index is 0.0857. The number of amides is 1. The standard InChI is InChI=1S/C13H18F2N2O/c1-3-4-12(16)13(18)17(2)8-9-5-6-10(14)7-11(9)15/h5-7,12H,3-4,8,16H2,1-2H3/t12-/m1/s1. The number of likely N-dealkylation sites (N-methyl/N-ethyl adjacent to an activating group) is 1. The second kappa shape index (κ2) is 6.44. The summed E-state index contributed by atoms with van der Waals surface area (Å²) in [7, 11) is 1.56. The van der Waals surface area contributed by atoms with E-state index in [1.807, 2.05) is 6.92 Å². The minimum atomic E-state index is -0.654. The molecule has 0 heterocycles. The predicted molar refractivity (Wildman–Crippen MR) is 65.7 cm³/mol. The Morgan fingerprint density at radius 1 is 1.44 bits per heavy atom. The maximum Gasteiger partial charge on any atom is 0.239 e. The topological polar surface area (TPSA) is 46.3 Å². The summed E-state index contributed by atoms with van der Waals surface area (Å²) in [4.78, 5) is 13.2. The maximum atomic E-state index is 13.4. The van der Waals surface area contributed by atoms with Crippen molar-refractivity contribution in [1.29, 1.82) is 0 Å². The SMILES string of the molecule is CCC[C@@H](N)C(=O)N(C)Cc1ccc(F)cc1F. The maximum absolute atomic E-state index is 13.4. The summed E-state index contributed by atoms with van der Waals surface area (Å²) in [6.07, 6.45) is 1.40. The summed E-state index contributed by atoms with van der Waals surface area (Å²) in [5.74, 6) is -1.52. The van der Waals surface area contributed by atoms with Crippen LogP contribution in [0.1, 0.15) is 25.3 Å². The summed E-state index contributed by atoms with van der Waals surface area (Å²) >= 11 is 0. The largest absolute Gasteiger partial charge is 0.340 e. The van der Waals surface area contributed by atoms with E-state index in [-0.39, 0.29) is 18.0 Å². The molecule has 0 bridgehead atoms. The number of nitrogens with zero attached hydrogens (tertiary/aromatic N) is 1. The van der Waals surface area contributed by atoms with Crippen molar-refractivity contribution in [2.45, 2.75) is 32.4 Å². The molecule has 18 heavy (non-hydrogen) atoms. The molecule has 100 valence electrons. The van der Waals surface area contributed by atoms with E-state index in [1.165, 1.54) is 17.0 Å². The van der Waals surface area contributed by atoms with Crippen molar-refractivity contribution >= 4 is 5.91 Å². The third-order valence-electron chi connectivity index (χ3n) is 2.72. The summed E-state index contributed by atoms with van der Waals surface area (Å²) in [6, 6.07) is 2.74. The molecule has 0 saturated heterocycles. The van der Waals surface area contributed by atoms with Crippen LogP contribution in [0.2, 0.25) is 0 Å². The number of hydrogen-bond acceptors (Lipinski definition) is 2. The first kappa shape index (κ1) is 14.6. The smallest absolute Gasteiger partial charge is 0.239 e. The first-order valence-electron chi connectivity index (χ1n) is 5.90. The molecule has 2 N–H and O–H groups in total. The lowest BCUT2D eigenvalue weighted by molar-refractivity contribution is -0.132. The van der Waals surface area contributed by atoms with Gasteiger partial charge in [0.15, 0.2) is 0 Å². The fraction of sp³-hybridized carbons (Fsp3) is 0.462. The summed E-state index contributed by atoms with van der Waals surface area (Å²) in [5, 5.41) is 0. The molecular formula is C13H18F2N2O. The van der Waals surface area contributed by atoms with Crippen molar-refractivity contribution in [3.63, 3.8) is 0 Å². The highest BCUT2D eigenvalue weighted by molar-refractivity contribution is 5.81. The molecule has 0 aliphatic rings. The fourth-order valence-corrected chi connectivity index (χ4v) is 1.70. The number of halogens is 2. The van der Waals surface area contributed by atoms with Crippen LogP contribution in [-0.4, -0.2) is 23.9 Å². The number of rotatable bonds is 5. The Labute approximate surface area is 106 Å². The average Bonchev–Trinajstić information content (AvgIpc) is 2.32. The van der Waals surface area contributed by atoms with Crippen molar-refractivity contribution < 1.29 is 13.6 Å². The predicted octanol–water partition coefficient (Wildman–Crippen LogP) is 2.05. The summed E-state index contributed by atoms with van der Waals surface area (Å²) < 4.78 is 26.1. The molecule has 0 radical (unpaired) electrons. The van der Waals surface area contributed by atoms with Gasteiger partial charge in [-0.2, -0.15) is 0 Å². The Kier molecular flexibility index (Phi) is 5.22. The van der Waals surface area contributed by atoms with E-state index >= 15 is 0 Å². The van der Waals surface area contributed by atoms with Crippen molar-refractivity contribution in [1.82, 2.24) is 4.90 Å². The Bertz CT molecular complexity index is 423. The molecule has 1 aromatic rings. The number of hydrogen-bond donors (Lipinski definition) is 1. The first-order valence-corrected chi connectivity index (χ1v) is 5.90. The monoisotopic (exact) mass is 256 g/mol. The average molecular weight is 256 g/mol. The summed E-state index contributed by atoms with van der Waals surface area (Å²) in [5.41, 5.74) is 5.97. The van der Waals surface area contributed by atoms with Gasteiger partial charge in [-0.1, -0.05) is 19.4 Å². The molecule has 1 aromatic carbocycles. The van der Waals surface area contributed by atoms with Gasteiger partial charge in [0.1, 0.15) is 11.6 Å². The van der Waals surface area contributed by atoms with Crippen LogP contribution < -0.4 is 5.73 Å². The van der Waals surface area contributed by atoms with Gasteiger partial charge in [0.05, 0.1) is 6.04 Å². The normalized spacial score (nSPS) is 12.3. The number of nitrogens with two attached hydrogens (primary N) is 1. The lowest BCUT2D eigenvalue weighted by atomic mass is 10.1. The molecule has 0 fully saturated rings. The molecular weight excluding hydrogens is 238 g/mol. The molecule has 0 aromatic heterocycles. The zero-order chi connectivity index (χ0) is 13.7. The molecule has 1 atom stereocenters. The van der Waals surface area contributed by atoms with Crippen molar-refractivity contribution in [2.75, 3.05) is 7.05 Å². The van der Waals surface area contributed by atoms with Gasteiger partial charge in [-0.3, -0.25) is 4.79 Å². The molecule has 1 amide bonds. The lowest BCUT2D eigenvalue weighted by Gasteiger charge is -2.21. The van der Waals surface area contributed by atoms with Gasteiger partial charge in [0, 0.05) is 25.2 Å². The van der Waals surface area contributed by atoms with E-state index in [9.17, 15) is 13.6 Å². The molecule has 0 aliphatic heterocycles. The molecule has 3 nitrogen and oxygen atoms in total. The van der Waals surface area contributed by atoms with Gasteiger partial charge < -0.3 is 10.6 Å². The summed E-state index contributed by atoms with van der Waals surface area (Å²) in [6.45, 7) is 2.02. The molecule has 0 aliphatic carbocycles. The number of carbonyl (C=O) groups excluding carboxylic acids is 1. The van der Waals surface area contributed by atoms with Crippen LogP contribution in [0.25, 0.3) is 0 Å². The van der Waals surface area contributed by atoms with Gasteiger partial charge in [0.25, 0.3) is 0 Å². The molecule has 0 unspecified atom stereocenters. The van der Waals surface area contributed by atoms with Crippen LogP contribution in [0.15, 0.2) is 18.2 Å². The Balaban J connectivity index is 2.69. The zero-order valence-electron chi connectivity index (χ0n) is 10.6. The van der Waals surface area contributed by atoms with Crippen molar-refractivity contribution in [3.05, 3.63) is 35.4 Å². The van der Waals surface area contributed by atoms with Crippen molar-refractivity contribution in [2.24, 2.45) is 5.73 Å². The molecule has 0 saturated carbocycles. The fourth-order valence-electron chi connectivity index (χ4n) is 1.70. The Morgan fingerprint density at radius 3 is 2.67 bits per heavy atom. The molecule has 5 heteroatoms. The van der Waals surface area contributed by atoms with Gasteiger partial charge >= 0.3 is 0 Å². The van der Waals surface area contributed by atoms with Crippen LogP contribution in [0.3, 0.4) is 0 Å². The molecule has 1 rings (SSSR count). The highest BCUT2D eigenvalue weighted by atomic mass is 19.1. The third-order valence-corrected chi connectivity index (χ3v) is 2.72. The number of benzene rings is 1. The van der Waals surface area contributed by atoms with Crippen LogP contribution in [0.5, 0.6) is 0 Å². The van der Waals surface area contributed by atoms with Gasteiger partial charge in [-0.05, 0) is 12.5 Å². The Morgan fingerprint density at radius 2 is 2.11 bits per heavy atom. The van der Waals surface area contributed by atoms with Gasteiger partial charge in [-0.25, -0.2) is 8.78 Å². The molecule has 0 spiro atoms. The van der Waals surface area contributed by atoms with Crippen molar-refractivity contribution in [3.8, 4) is 0 Å². The zero-order valence-corrected chi connectivity index (χ0v) is 10.6. The van der Waals surface area contributed by atoms with E-state index < -0.39 is 17.7 Å².